The second-order valence-electron chi connectivity index (χ2n) is 6.73. The van der Waals surface area contributed by atoms with Gasteiger partial charge in [-0.15, -0.1) is 22.7 Å². The predicted molar refractivity (Wildman–Crippen MR) is 114 cm³/mol. The van der Waals surface area contributed by atoms with Gasteiger partial charge in [0.15, 0.2) is 5.16 Å². The van der Waals surface area contributed by atoms with Crippen molar-refractivity contribution in [3.05, 3.63) is 49.7 Å². The molecule has 1 amide bonds. The van der Waals surface area contributed by atoms with Crippen LogP contribution in [0.5, 0.6) is 0 Å². The normalized spacial score (nSPS) is 15.6. The zero-order valence-electron chi connectivity index (χ0n) is 15.8. The third kappa shape index (κ3) is 3.66. The van der Waals surface area contributed by atoms with Crippen LogP contribution in [0.4, 0.5) is 0 Å². The van der Waals surface area contributed by atoms with Crippen LogP contribution in [0.3, 0.4) is 0 Å². The lowest BCUT2D eigenvalue weighted by molar-refractivity contribution is -0.121. The molecule has 0 aromatic carbocycles. The molecular weight excluding hydrogens is 412 g/mol. The summed E-state index contributed by atoms with van der Waals surface area (Å²) in [5.41, 5.74) is 2.32. The van der Waals surface area contributed by atoms with Crippen molar-refractivity contribution in [2.45, 2.75) is 44.9 Å². The fraction of sp³-hybridized carbons (Fsp3) is 0.368. The second-order valence-corrected chi connectivity index (χ2v) is 9.75. The molecule has 6 nitrogen and oxygen atoms in total. The molecule has 0 fully saturated rings. The van der Waals surface area contributed by atoms with Crippen LogP contribution in [-0.4, -0.2) is 26.2 Å². The fourth-order valence-electron chi connectivity index (χ4n) is 3.09. The molecule has 28 heavy (non-hydrogen) atoms. The molecule has 0 bridgehead atoms. The van der Waals surface area contributed by atoms with Gasteiger partial charge in [0.25, 0.3) is 5.56 Å². The Bertz CT molecular complexity index is 1090. The van der Waals surface area contributed by atoms with E-state index >= 15 is 0 Å². The van der Waals surface area contributed by atoms with E-state index in [1.165, 1.54) is 11.8 Å². The number of fused-ring (bicyclic) bond motifs is 1. The van der Waals surface area contributed by atoms with Crippen LogP contribution in [0.1, 0.15) is 34.3 Å². The number of amides is 1. The summed E-state index contributed by atoms with van der Waals surface area (Å²) in [4.78, 5) is 36.4. The Labute approximate surface area is 175 Å². The number of hydrogen-bond acceptors (Lipinski definition) is 7. The smallest absolute Gasteiger partial charge is 0.257 e. The van der Waals surface area contributed by atoms with Gasteiger partial charge in [-0.3, -0.25) is 14.2 Å². The summed E-state index contributed by atoms with van der Waals surface area (Å²) in [5.74, 6) is 0.634. The highest BCUT2D eigenvalue weighted by Gasteiger charge is 2.28. The van der Waals surface area contributed by atoms with Crippen LogP contribution < -0.4 is 10.9 Å². The van der Waals surface area contributed by atoms with Crippen LogP contribution in [0.15, 0.2) is 27.5 Å². The van der Waals surface area contributed by atoms with Crippen LogP contribution in [-0.2, 0) is 11.3 Å². The van der Waals surface area contributed by atoms with Gasteiger partial charge in [0.1, 0.15) is 5.01 Å². The summed E-state index contributed by atoms with van der Waals surface area (Å²) in [6.45, 7) is 6.06. The molecule has 1 aliphatic rings. The minimum absolute atomic E-state index is 0.0378. The van der Waals surface area contributed by atoms with E-state index < -0.39 is 0 Å². The van der Waals surface area contributed by atoms with Gasteiger partial charge in [0, 0.05) is 28.3 Å². The first kappa shape index (κ1) is 19.4. The van der Waals surface area contributed by atoms with E-state index in [-0.39, 0.29) is 23.9 Å². The molecule has 3 aromatic rings. The van der Waals surface area contributed by atoms with Crippen molar-refractivity contribution in [1.82, 2.24) is 19.9 Å². The summed E-state index contributed by atoms with van der Waals surface area (Å²) < 4.78 is 1.68. The van der Waals surface area contributed by atoms with E-state index in [0.717, 1.165) is 26.1 Å². The fourth-order valence-corrected chi connectivity index (χ4v) is 6.07. The lowest BCUT2D eigenvalue weighted by Crippen LogP contribution is -2.31. The third-order valence-corrected chi connectivity index (χ3v) is 8.11. The van der Waals surface area contributed by atoms with Crippen LogP contribution in [0.25, 0.3) is 9.88 Å². The monoisotopic (exact) mass is 432 g/mol. The Morgan fingerprint density at radius 1 is 1.29 bits per heavy atom. The molecule has 1 aliphatic heterocycles. The van der Waals surface area contributed by atoms with Crippen LogP contribution in [0, 0.1) is 20.8 Å². The molecule has 0 spiro atoms. The van der Waals surface area contributed by atoms with Crippen LogP contribution >= 0.6 is 34.4 Å². The Balaban J connectivity index is 1.42. The quantitative estimate of drug-likeness (QED) is 0.622. The van der Waals surface area contributed by atoms with Gasteiger partial charge in [-0.1, -0.05) is 17.8 Å². The highest BCUT2D eigenvalue weighted by molar-refractivity contribution is 7.99. The van der Waals surface area contributed by atoms with Crippen molar-refractivity contribution >= 4 is 40.3 Å². The molecule has 0 aliphatic carbocycles. The summed E-state index contributed by atoms with van der Waals surface area (Å²) in [7, 11) is 0. The van der Waals surface area contributed by atoms with Gasteiger partial charge in [0.05, 0.1) is 23.2 Å². The molecule has 0 radical (unpaired) electrons. The molecule has 146 valence electrons. The highest BCUT2D eigenvalue weighted by Crippen LogP contribution is 2.33. The first-order chi connectivity index (χ1) is 13.4. The zero-order valence-corrected chi connectivity index (χ0v) is 18.3. The first-order valence-electron chi connectivity index (χ1n) is 8.93. The molecule has 1 atom stereocenters. The van der Waals surface area contributed by atoms with E-state index in [4.69, 9.17) is 0 Å². The lowest BCUT2D eigenvalue weighted by Gasteiger charge is -2.14. The van der Waals surface area contributed by atoms with Crippen molar-refractivity contribution in [1.29, 1.82) is 0 Å². The number of thiophene rings is 1. The average Bonchev–Trinajstić information content (AvgIpc) is 3.39. The maximum Gasteiger partial charge on any atom is 0.257 e. The number of carbonyl (C=O) groups is 1. The Morgan fingerprint density at radius 2 is 2.11 bits per heavy atom. The van der Waals surface area contributed by atoms with E-state index in [9.17, 15) is 9.59 Å². The van der Waals surface area contributed by atoms with E-state index in [1.807, 2.05) is 25.3 Å². The summed E-state index contributed by atoms with van der Waals surface area (Å²) in [6.07, 6.45) is 0.278. The number of aromatic nitrogens is 3. The Kier molecular flexibility index (Phi) is 5.39. The second kappa shape index (κ2) is 7.81. The highest BCUT2D eigenvalue weighted by atomic mass is 32.2. The van der Waals surface area contributed by atoms with Crippen molar-refractivity contribution in [3.63, 3.8) is 0 Å². The number of thioether (sulfide) groups is 1. The number of aryl methyl sites for hydroxylation is 2. The maximum absolute atomic E-state index is 12.6. The van der Waals surface area contributed by atoms with E-state index in [1.54, 1.807) is 34.2 Å². The van der Waals surface area contributed by atoms with Crippen molar-refractivity contribution in [3.8, 4) is 9.88 Å². The molecule has 4 heterocycles. The molecule has 9 heteroatoms. The summed E-state index contributed by atoms with van der Waals surface area (Å²) in [5, 5.41) is 6.72. The maximum atomic E-state index is 12.6. The summed E-state index contributed by atoms with van der Waals surface area (Å²) >= 11 is 4.81. The van der Waals surface area contributed by atoms with Gasteiger partial charge in [0.2, 0.25) is 5.91 Å². The Morgan fingerprint density at radius 3 is 2.86 bits per heavy atom. The standard InChI is InChI=1S/C19H20N4O2S3/c1-10-11(2)22-19-23(18(10)25)13(9-27-19)7-16(24)20-8-15-12(3)21-17(28-15)14-5-4-6-26-14/h4-6,13H,7-9H2,1-3H3,(H,20,24). The number of hydrogen-bond donors (Lipinski definition) is 1. The molecule has 0 saturated heterocycles. The largest absolute Gasteiger partial charge is 0.351 e. The Hall–Kier alpha value is -1.97. The molecular formula is C19H20N4O2S3. The lowest BCUT2D eigenvalue weighted by atomic mass is 10.2. The van der Waals surface area contributed by atoms with E-state index in [0.29, 0.717) is 23.0 Å². The molecule has 0 saturated carbocycles. The van der Waals surface area contributed by atoms with Crippen molar-refractivity contribution in [2.24, 2.45) is 0 Å². The zero-order chi connectivity index (χ0) is 19.8. The van der Waals surface area contributed by atoms with Crippen molar-refractivity contribution in [2.75, 3.05) is 5.75 Å². The van der Waals surface area contributed by atoms with Gasteiger partial charge in [-0.2, -0.15) is 0 Å². The minimum Gasteiger partial charge on any atom is -0.351 e. The SMILES string of the molecule is Cc1nc(-c2cccs2)sc1CNC(=O)CC1CSc2nc(C)c(C)c(=O)n21. The predicted octanol–water partition coefficient (Wildman–Crippen LogP) is 3.71. The number of nitrogens with zero attached hydrogens (tertiary/aromatic N) is 3. The first-order valence-corrected chi connectivity index (χ1v) is 11.6. The third-order valence-electron chi connectivity index (χ3n) is 4.81. The molecule has 4 rings (SSSR count). The molecule has 1 unspecified atom stereocenters. The molecule has 1 N–H and O–H groups in total. The van der Waals surface area contributed by atoms with Gasteiger partial charge < -0.3 is 5.32 Å². The van der Waals surface area contributed by atoms with E-state index in [2.05, 4.69) is 21.4 Å². The van der Waals surface area contributed by atoms with Crippen molar-refractivity contribution < 1.29 is 4.79 Å². The number of rotatable bonds is 5. The van der Waals surface area contributed by atoms with Gasteiger partial charge >= 0.3 is 0 Å². The average molecular weight is 433 g/mol. The number of nitrogens with one attached hydrogen (secondary N) is 1. The topological polar surface area (TPSA) is 76.9 Å². The summed E-state index contributed by atoms with van der Waals surface area (Å²) in [6, 6.07) is 3.91. The van der Waals surface area contributed by atoms with Crippen LogP contribution in [0.2, 0.25) is 0 Å². The number of carbonyl (C=O) groups excluding carboxylic acids is 1. The minimum atomic E-state index is -0.150. The van der Waals surface area contributed by atoms with Gasteiger partial charge in [-0.25, -0.2) is 9.97 Å². The number of thiazole rings is 1. The van der Waals surface area contributed by atoms with Gasteiger partial charge in [-0.05, 0) is 32.2 Å². The molecule has 3 aromatic heterocycles.